The van der Waals surface area contributed by atoms with Crippen LogP contribution in [0.15, 0.2) is 71.5 Å². The molecule has 3 aromatic carbocycles. The topological polar surface area (TPSA) is 84.3 Å². The molecule has 178 valence electrons. The minimum atomic E-state index is -0.497. The Balaban J connectivity index is 1.75. The van der Waals surface area contributed by atoms with Gasteiger partial charge in [-0.15, -0.1) is 0 Å². The highest BCUT2D eigenvalue weighted by Gasteiger charge is 2.22. The van der Waals surface area contributed by atoms with Crippen LogP contribution in [0.4, 0.5) is 11.5 Å². The summed E-state index contributed by atoms with van der Waals surface area (Å²) in [5.41, 5.74) is 5.20. The number of carbonyl (C=O) groups excluding carboxylic acids is 2. The Labute approximate surface area is 204 Å². The smallest absolute Gasteiger partial charge is 0.294 e. The van der Waals surface area contributed by atoms with Gasteiger partial charge >= 0.3 is 0 Å². The zero-order valence-corrected chi connectivity index (χ0v) is 20.3. The molecule has 0 fully saturated rings. The van der Waals surface area contributed by atoms with Crippen LogP contribution in [0.25, 0.3) is 11.0 Å². The number of aromatic nitrogens is 2. The molecule has 2 amide bonds. The van der Waals surface area contributed by atoms with Crippen LogP contribution in [-0.2, 0) is 22.7 Å². The summed E-state index contributed by atoms with van der Waals surface area (Å²) in [5.74, 6) is -0.647. The molecule has 7 heteroatoms. The first-order chi connectivity index (χ1) is 16.7. The summed E-state index contributed by atoms with van der Waals surface area (Å²) in [5, 5.41) is 2.88. The summed E-state index contributed by atoms with van der Waals surface area (Å²) in [4.78, 5) is 45.2. The van der Waals surface area contributed by atoms with E-state index in [0.29, 0.717) is 16.7 Å². The monoisotopic (exact) mass is 468 g/mol. The molecule has 1 aromatic heterocycles. The number of amides is 2. The Morgan fingerprint density at radius 2 is 1.60 bits per heavy atom. The molecule has 1 N–H and O–H groups in total. The van der Waals surface area contributed by atoms with Crippen molar-refractivity contribution in [1.29, 1.82) is 0 Å². The molecule has 0 aliphatic carbocycles. The van der Waals surface area contributed by atoms with Crippen LogP contribution in [0, 0.1) is 20.8 Å². The molecule has 7 nitrogen and oxygen atoms in total. The molecule has 0 saturated heterocycles. The van der Waals surface area contributed by atoms with Gasteiger partial charge in [0.15, 0.2) is 0 Å². The Morgan fingerprint density at radius 1 is 0.943 bits per heavy atom. The summed E-state index contributed by atoms with van der Waals surface area (Å²) >= 11 is 0. The lowest BCUT2D eigenvalue weighted by Gasteiger charge is -2.22. The summed E-state index contributed by atoms with van der Waals surface area (Å²) in [6, 6.07) is 20.6. The highest BCUT2D eigenvalue weighted by molar-refractivity contribution is 5.93. The maximum Gasteiger partial charge on any atom is 0.294 e. The van der Waals surface area contributed by atoms with Gasteiger partial charge in [0.25, 0.3) is 5.56 Å². The number of benzene rings is 3. The van der Waals surface area contributed by atoms with Gasteiger partial charge in [-0.3, -0.25) is 23.9 Å². The van der Waals surface area contributed by atoms with E-state index < -0.39 is 5.56 Å². The number of fused-ring (bicyclic) bond motifs is 1. The molecular formula is C28H28N4O3. The third kappa shape index (κ3) is 5.30. The van der Waals surface area contributed by atoms with Gasteiger partial charge in [0.2, 0.25) is 17.6 Å². The van der Waals surface area contributed by atoms with E-state index in [2.05, 4.69) is 10.3 Å². The van der Waals surface area contributed by atoms with E-state index in [-0.39, 0.29) is 30.7 Å². The van der Waals surface area contributed by atoms with Crippen LogP contribution in [-0.4, -0.2) is 21.4 Å². The molecule has 1 heterocycles. The third-order valence-electron chi connectivity index (χ3n) is 5.87. The van der Waals surface area contributed by atoms with E-state index in [1.54, 1.807) is 18.2 Å². The number of nitrogens with one attached hydrogen (secondary N) is 1. The predicted octanol–water partition coefficient (Wildman–Crippen LogP) is 4.51. The fourth-order valence-electron chi connectivity index (χ4n) is 4.20. The first-order valence-electron chi connectivity index (χ1n) is 11.4. The van der Waals surface area contributed by atoms with Gasteiger partial charge in [0.1, 0.15) is 6.54 Å². The number of carbonyl (C=O) groups is 2. The van der Waals surface area contributed by atoms with Gasteiger partial charge in [-0.05, 0) is 67.3 Å². The molecule has 0 radical (unpaired) electrons. The van der Waals surface area contributed by atoms with Gasteiger partial charge in [0.05, 0.1) is 17.6 Å². The molecule has 35 heavy (non-hydrogen) atoms. The second-order valence-corrected chi connectivity index (χ2v) is 8.77. The summed E-state index contributed by atoms with van der Waals surface area (Å²) in [6.07, 6.45) is 0. The Hall–Kier alpha value is -4.26. The minimum Gasteiger partial charge on any atom is -0.325 e. The number of hydrogen-bond donors (Lipinski definition) is 1. The number of aryl methyl sites for hydroxylation is 3. The summed E-state index contributed by atoms with van der Waals surface area (Å²) in [7, 11) is 0. The molecule has 0 unspecified atom stereocenters. The largest absolute Gasteiger partial charge is 0.325 e. The first kappa shape index (κ1) is 23.9. The van der Waals surface area contributed by atoms with Crippen molar-refractivity contribution >= 4 is 34.4 Å². The fraction of sp³-hybridized carbons (Fsp3) is 0.214. The number of para-hydroxylation sites is 2. The van der Waals surface area contributed by atoms with E-state index in [0.717, 1.165) is 22.3 Å². The highest BCUT2D eigenvalue weighted by Crippen LogP contribution is 2.19. The van der Waals surface area contributed by atoms with Crippen molar-refractivity contribution in [1.82, 2.24) is 9.55 Å². The van der Waals surface area contributed by atoms with Crippen molar-refractivity contribution in [3.05, 3.63) is 99.3 Å². The van der Waals surface area contributed by atoms with Crippen molar-refractivity contribution in [2.24, 2.45) is 0 Å². The van der Waals surface area contributed by atoms with Gasteiger partial charge < -0.3 is 5.32 Å². The van der Waals surface area contributed by atoms with E-state index >= 15 is 0 Å². The molecule has 0 aliphatic rings. The van der Waals surface area contributed by atoms with E-state index in [9.17, 15) is 14.4 Å². The van der Waals surface area contributed by atoms with Crippen LogP contribution < -0.4 is 15.8 Å². The molecule has 0 aliphatic heterocycles. The Kier molecular flexibility index (Phi) is 6.78. The lowest BCUT2D eigenvalue weighted by molar-refractivity contribution is -0.117. The molecule has 4 rings (SSSR count). The third-order valence-corrected chi connectivity index (χ3v) is 5.87. The number of hydrogen-bond acceptors (Lipinski definition) is 4. The van der Waals surface area contributed by atoms with E-state index in [1.807, 2.05) is 69.3 Å². The lowest BCUT2D eigenvalue weighted by Crippen LogP contribution is -2.38. The van der Waals surface area contributed by atoms with Gasteiger partial charge in [-0.1, -0.05) is 42.5 Å². The van der Waals surface area contributed by atoms with Gasteiger partial charge in [0, 0.05) is 12.6 Å². The molecule has 0 atom stereocenters. The van der Waals surface area contributed by atoms with Crippen molar-refractivity contribution in [3.63, 3.8) is 0 Å². The molecule has 0 bridgehead atoms. The van der Waals surface area contributed by atoms with Crippen molar-refractivity contribution in [3.8, 4) is 0 Å². The maximum atomic E-state index is 13.6. The normalized spacial score (nSPS) is 10.9. The standard InChI is InChI=1S/C28H28N4O3/c1-18-13-19(2)15-23(14-18)29-26(34)17-32-25-12-8-7-11-24(25)30-27(28(32)35)31(21(4)33)16-22-10-6-5-9-20(22)3/h5-15H,16-17H2,1-4H3,(H,29,34). The van der Waals surface area contributed by atoms with Crippen molar-refractivity contribution in [2.75, 3.05) is 10.2 Å². The first-order valence-corrected chi connectivity index (χ1v) is 11.4. The summed E-state index contributed by atoms with van der Waals surface area (Å²) in [6.45, 7) is 7.28. The van der Waals surface area contributed by atoms with Gasteiger partial charge in [-0.25, -0.2) is 4.98 Å². The van der Waals surface area contributed by atoms with Crippen LogP contribution in [0.3, 0.4) is 0 Å². The second kappa shape index (κ2) is 9.93. The minimum absolute atomic E-state index is 0.00125. The van der Waals surface area contributed by atoms with Crippen LogP contribution in [0.1, 0.15) is 29.2 Å². The Morgan fingerprint density at radius 3 is 2.29 bits per heavy atom. The number of rotatable bonds is 6. The second-order valence-electron chi connectivity index (χ2n) is 8.77. The van der Waals surface area contributed by atoms with Crippen LogP contribution in [0.2, 0.25) is 0 Å². The SMILES string of the molecule is CC(=O)N(Cc1ccccc1C)c1nc2ccccc2n(CC(=O)Nc2cc(C)cc(C)c2)c1=O. The molecular weight excluding hydrogens is 440 g/mol. The zero-order chi connectivity index (χ0) is 25.1. The average molecular weight is 469 g/mol. The fourth-order valence-corrected chi connectivity index (χ4v) is 4.20. The molecule has 4 aromatic rings. The quantitative estimate of drug-likeness (QED) is 0.451. The van der Waals surface area contributed by atoms with E-state index in [1.165, 1.54) is 16.4 Å². The number of nitrogens with zero attached hydrogens (tertiary/aromatic N) is 3. The van der Waals surface area contributed by atoms with Crippen LogP contribution in [0.5, 0.6) is 0 Å². The van der Waals surface area contributed by atoms with Crippen molar-refractivity contribution < 1.29 is 9.59 Å². The Bertz CT molecular complexity index is 1470. The summed E-state index contributed by atoms with van der Waals surface area (Å²) < 4.78 is 1.38. The average Bonchev–Trinajstić information content (AvgIpc) is 2.79. The van der Waals surface area contributed by atoms with Crippen molar-refractivity contribution in [2.45, 2.75) is 40.8 Å². The molecule has 0 spiro atoms. The predicted molar refractivity (Wildman–Crippen MR) is 139 cm³/mol. The highest BCUT2D eigenvalue weighted by atomic mass is 16.2. The lowest BCUT2D eigenvalue weighted by atomic mass is 10.1. The zero-order valence-electron chi connectivity index (χ0n) is 20.3. The van der Waals surface area contributed by atoms with E-state index in [4.69, 9.17) is 0 Å². The molecule has 0 saturated carbocycles. The number of anilines is 2. The van der Waals surface area contributed by atoms with Gasteiger partial charge in [-0.2, -0.15) is 0 Å². The van der Waals surface area contributed by atoms with Crippen LogP contribution >= 0.6 is 0 Å². The maximum absolute atomic E-state index is 13.6.